The van der Waals surface area contributed by atoms with E-state index in [1.807, 2.05) is 24.3 Å². The minimum Gasteiger partial charge on any atom is -0.506 e. The molecule has 0 spiro atoms. The number of aromatic hydroxyl groups is 2. The van der Waals surface area contributed by atoms with Crippen LogP contribution < -0.4 is 10.6 Å². The Bertz CT molecular complexity index is 691. The summed E-state index contributed by atoms with van der Waals surface area (Å²) in [5.74, 6) is 0.289. The van der Waals surface area contributed by atoms with Gasteiger partial charge in [0.15, 0.2) is 0 Å². The van der Waals surface area contributed by atoms with Gasteiger partial charge in [0.2, 0.25) is 0 Å². The van der Waals surface area contributed by atoms with Crippen LogP contribution in [0.4, 0.5) is 0 Å². The van der Waals surface area contributed by atoms with Gasteiger partial charge in [-0.2, -0.15) is 0 Å². The van der Waals surface area contributed by atoms with Crippen molar-refractivity contribution in [1.82, 2.24) is 10.6 Å². The molecule has 1 saturated carbocycles. The summed E-state index contributed by atoms with van der Waals surface area (Å²) in [6, 6.07) is 11.4. The molecule has 1 fully saturated rings. The predicted octanol–water partition coefficient (Wildman–Crippen LogP) is 4.60. The quantitative estimate of drug-likeness (QED) is 0.578. The maximum atomic E-state index is 10.1. The van der Waals surface area contributed by atoms with Crippen molar-refractivity contribution in [2.24, 2.45) is 0 Å². The topological polar surface area (TPSA) is 64.5 Å². The van der Waals surface area contributed by atoms with E-state index in [0.29, 0.717) is 35.2 Å². The van der Waals surface area contributed by atoms with E-state index in [1.54, 1.807) is 12.1 Å². The average molecular weight is 395 g/mol. The van der Waals surface area contributed by atoms with Crippen LogP contribution in [-0.4, -0.2) is 22.3 Å². The van der Waals surface area contributed by atoms with Gasteiger partial charge in [-0.05, 0) is 25.0 Å². The maximum Gasteiger partial charge on any atom is 0.138 e. The lowest BCUT2D eigenvalue weighted by molar-refractivity contribution is 0.279. The molecule has 0 unspecified atom stereocenters. The largest absolute Gasteiger partial charge is 0.506 e. The Balaban J connectivity index is 1.61. The highest BCUT2D eigenvalue weighted by molar-refractivity contribution is 6.32. The highest BCUT2D eigenvalue weighted by Gasteiger charge is 2.25. The van der Waals surface area contributed by atoms with Gasteiger partial charge in [0.05, 0.1) is 10.0 Å². The van der Waals surface area contributed by atoms with E-state index in [0.717, 1.165) is 24.0 Å². The van der Waals surface area contributed by atoms with E-state index in [2.05, 4.69) is 10.6 Å². The summed E-state index contributed by atoms with van der Waals surface area (Å²) in [4.78, 5) is 0. The molecule has 0 aliphatic heterocycles. The monoisotopic (exact) mass is 394 g/mol. The van der Waals surface area contributed by atoms with Gasteiger partial charge in [-0.25, -0.2) is 0 Å². The van der Waals surface area contributed by atoms with Crippen LogP contribution in [0.25, 0.3) is 0 Å². The van der Waals surface area contributed by atoms with E-state index in [-0.39, 0.29) is 11.5 Å². The number of nitrogens with one attached hydrogen (secondary N) is 2. The summed E-state index contributed by atoms with van der Waals surface area (Å²) < 4.78 is 0. The van der Waals surface area contributed by atoms with Crippen LogP contribution in [0.5, 0.6) is 11.5 Å². The first-order valence-electron chi connectivity index (χ1n) is 8.95. The van der Waals surface area contributed by atoms with Crippen LogP contribution in [0.1, 0.15) is 36.8 Å². The second-order valence-corrected chi connectivity index (χ2v) is 7.57. The van der Waals surface area contributed by atoms with Gasteiger partial charge in [0.25, 0.3) is 0 Å². The first-order valence-corrected chi connectivity index (χ1v) is 9.71. The summed E-state index contributed by atoms with van der Waals surface area (Å²) in [5.41, 5.74) is 1.60. The van der Waals surface area contributed by atoms with Gasteiger partial charge in [-0.3, -0.25) is 0 Å². The summed E-state index contributed by atoms with van der Waals surface area (Å²) in [7, 11) is 0. The molecule has 2 aromatic carbocycles. The molecule has 2 aromatic rings. The van der Waals surface area contributed by atoms with Crippen LogP contribution in [-0.2, 0) is 13.1 Å². The minimum absolute atomic E-state index is 0.144. The van der Waals surface area contributed by atoms with Gasteiger partial charge in [-0.1, -0.05) is 60.3 Å². The summed E-state index contributed by atoms with van der Waals surface area (Å²) >= 11 is 12.0. The SMILES string of the molecule is Oc1c(Cl)cccc1CN[C@@H]1CCCC[C@H]1NCc1cccc(Cl)c1O. The third-order valence-electron chi connectivity index (χ3n) is 5.02. The van der Waals surface area contributed by atoms with Gasteiger partial charge in [-0.15, -0.1) is 0 Å². The van der Waals surface area contributed by atoms with Crippen molar-refractivity contribution in [1.29, 1.82) is 0 Å². The Morgan fingerprint density at radius 3 is 1.62 bits per heavy atom. The Morgan fingerprint density at radius 2 is 1.19 bits per heavy atom. The predicted molar refractivity (Wildman–Crippen MR) is 106 cm³/mol. The lowest BCUT2D eigenvalue weighted by atomic mass is 9.90. The zero-order valence-electron chi connectivity index (χ0n) is 14.5. The number of rotatable bonds is 6. The van der Waals surface area contributed by atoms with Crippen molar-refractivity contribution in [2.45, 2.75) is 50.9 Å². The van der Waals surface area contributed by atoms with Crippen molar-refractivity contribution in [3.05, 3.63) is 57.6 Å². The van der Waals surface area contributed by atoms with E-state index in [4.69, 9.17) is 23.2 Å². The van der Waals surface area contributed by atoms with Crippen molar-refractivity contribution >= 4 is 23.2 Å². The molecule has 0 radical (unpaired) electrons. The number of hydrogen-bond donors (Lipinski definition) is 4. The second kappa shape index (κ2) is 8.96. The lowest BCUT2D eigenvalue weighted by Crippen LogP contribution is -2.49. The summed E-state index contributed by atoms with van der Waals surface area (Å²) in [6.07, 6.45) is 4.50. The van der Waals surface area contributed by atoms with Crippen molar-refractivity contribution in [3.8, 4) is 11.5 Å². The first kappa shape index (κ1) is 19.3. The fourth-order valence-corrected chi connectivity index (χ4v) is 3.90. The van der Waals surface area contributed by atoms with Crippen LogP contribution in [0, 0.1) is 0 Å². The third kappa shape index (κ3) is 4.63. The molecule has 6 heteroatoms. The molecule has 0 heterocycles. The van der Waals surface area contributed by atoms with Crippen LogP contribution >= 0.6 is 23.2 Å². The van der Waals surface area contributed by atoms with Crippen LogP contribution in [0.15, 0.2) is 36.4 Å². The maximum absolute atomic E-state index is 10.1. The molecule has 4 nitrogen and oxygen atoms in total. The first-order chi connectivity index (χ1) is 12.6. The molecule has 4 N–H and O–H groups in total. The molecule has 0 saturated heterocycles. The molecular weight excluding hydrogens is 371 g/mol. The van der Waals surface area contributed by atoms with Gasteiger partial charge >= 0.3 is 0 Å². The molecule has 2 atom stereocenters. The zero-order valence-corrected chi connectivity index (χ0v) is 16.0. The van der Waals surface area contributed by atoms with E-state index >= 15 is 0 Å². The van der Waals surface area contributed by atoms with E-state index in [1.165, 1.54) is 12.8 Å². The van der Waals surface area contributed by atoms with Crippen molar-refractivity contribution in [2.75, 3.05) is 0 Å². The van der Waals surface area contributed by atoms with Gasteiger partial charge < -0.3 is 20.8 Å². The van der Waals surface area contributed by atoms with Crippen LogP contribution in [0.3, 0.4) is 0 Å². The molecule has 1 aliphatic carbocycles. The van der Waals surface area contributed by atoms with Gasteiger partial charge in [0, 0.05) is 36.3 Å². The Morgan fingerprint density at radius 1 is 0.769 bits per heavy atom. The van der Waals surface area contributed by atoms with Crippen molar-refractivity contribution in [3.63, 3.8) is 0 Å². The van der Waals surface area contributed by atoms with E-state index in [9.17, 15) is 10.2 Å². The zero-order chi connectivity index (χ0) is 18.5. The molecule has 0 bridgehead atoms. The summed E-state index contributed by atoms with van der Waals surface area (Å²) in [6.45, 7) is 1.13. The Kier molecular flexibility index (Phi) is 6.65. The Labute approximate surface area is 164 Å². The standard InChI is InChI=1S/C20H24Cl2N2O2/c21-15-7-3-5-13(19(15)25)11-23-17-9-1-2-10-18(17)24-12-14-6-4-8-16(22)20(14)26/h3-8,17-18,23-26H,1-2,9-12H2/t17-,18-/m1/s1. The van der Waals surface area contributed by atoms with Crippen LogP contribution in [0.2, 0.25) is 10.0 Å². The molecule has 140 valence electrons. The number of phenols is 2. The third-order valence-corrected chi connectivity index (χ3v) is 5.63. The molecule has 0 amide bonds. The molecule has 0 aromatic heterocycles. The molecule has 26 heavy (non-hydrogen) atoms. The average Bonchev–Trinajstić information content (AvgIpc) is 2.65. The highest BCUT2D eigenvalue weighted by Crippen LogP contribution is 2.29. The Hall–Kier alpha value is -1.46. The fourth-order valence-electron chi connectivity index (χ4n) is 3.51. The molecular formula is C20H24Cl2N2O2. The van der Waals surface area contributed by atoms with Gasteiger partial charge in [0.1, 0.15) is 11.5 Å². The molecule has 3 rings (SSSR count). The number of halogens is 2. The molecule has 1 aliphatic rings. The smallest absolute Gasteiger partial charge is 0.138 e. The number of para-hydroxylation sites is 2. The van der Waals surface area contributed by atoms with Crippen molar-refractivity contribution < 1.29 is 10.2 Å². The number of benzene rings is 2. The summed E-state index contributed by atoms with van der Waals surface area (Å²) in [5, 5.41) is 28.0. The second-order valence-electron chi connectivity index (χ2n) is 6.75. The fraction of sp³-hybridized carbons (Fsp3) is 0.400. The number of hydrogen-bond acceptors (Lipinski definition) is 4. The minimum atomic E-state index is 0.144. The highest BCUT2D eigenvalue weighted by atomic mass is 35.5. The van der Waals surface area contributed by atoms with E-state index < -0.39 is 0 Å². The lowest BCUT2D eigenvalue weighted by Gasteiger charge is -2.33. The normalized spacial score (nSPS) is 20.2. The number of phenolic OH excluding ortho intramolecular Hbond substituents is 2.